The Labute approximate surface area is 154 Å². The zero-order valence-corrected chi connectivity index (χ0v) is 15.8. The summed E-state index contributed by atoms with van der Waals surface area (Å²) in [6.07, 6.45) is 1.60. The molecule has 2 aromatic rings. The van der Waals surface area contributed by atoms with Gasteiger partial charge in [0, 0.05) is 17.5 Å². The largest absolute Gasteiger partial charge is 0.508 e. The normalized spacial score (nSPS) is 28.5. The monoisotopic (exact) mass is 372 g/mol. The van der Waals surface area contributed by atoms with Gasteiger partial charge in [-0.25, -0.2) is 13.1 Å². The van der Waals surface area contributed by atoms with Crippen molar-refractivity contribution in [2.45, 2.75) is 42.2 Å². The molecule has 4 rings (SSSR count). The van der Waals surface area contributed by atoms with Crippen LogP contribution < -0.4 is 4.72 Å². The number of nitrogens with zero attached hydrogens (tertiary/aromatic N) is 1. The molecule has 1 aliphatic carbocycles. The number of piperidine rings is 1. The summed E-state index contributed by atoms with van der Waals surface area (Å²) in [7, 11) is -1.56. The van der Waals surface area contributed by atoms with E-state index < -0.39 is 10.0 Å². The molecule has 1 aliphatic heterocycles. The average molecular weight is 372 g/mol. The molecule has 2 aliphatic rings. The zero-order chi connectivity index (χ0) is 18.5. The number of nitrogens with one attached hydrogen (secondary N) is 1. The fraction of sp³-hybridized carbons (Fsp3) is 0.400. The molecular weight excluding hydrogens is 348 g/mol. The molecule has 0 saturated carbocycles. The van der Waals surface area contributed by atoms with Crippen LogP contribution in [0.25, 0.3) is 0 Å². The van der Waals surface area contributed by atoms with E-state index in [4.69, 9.17) is 0 Å². The molecular formula is C20H24N2O3S. The van der Waals surface area contributed by atoms with Crippen LogP contribution in [0.15, 0.2) is 53.4 Å². The summed E-state index contributed by atoms with van der Waals surface area (Å²) in [5.41, 5.74) is 1.89. The van der Waals surface area contributed by atoms with Gasteiger partial charge in [0.05, 0.1) is 4.90 Å². The first-order valence-electron chi connectivity index (χ1n) is 8.91. The van der Waals surface area contributed by atoms with Crippen LogP contribution in [0.3, 0.4) is 0 Å². The topological polar surface area (TPSA) is 69.6 Å². The Balaban J connectivity index is 1.78. The summed E-state index contributed by atoms with van der Waals surface area (Å²) in [5.74, 6) is 0.229. The molecule has 1 heterocycles. The lowest BCUT2D eigenvalue weighted by Gasteiger charge is -2.54. The van der Waals surface area contributed by atoms with Gasteiger partial charge in [-0.1, -0.05) is 31.2 Å². The fourth-order valence-corrected chi connectivity index (χ4v) is 5.93. The first-order valence-corrected chi connectivity index (χ1v) is 10.4. The van der Waals surface area contributed by atoms with Gasteiger partial charge in [-0.15, -0.1) is 0 Å². The molecule has 1 fully saturated rings. The van der Waals surface area contributed by atoms with Crippen LogP contribution >= 0.6 is 0 Å². The maximum Gasteiger partial charge on any atom is 0.240 e. The van der Waals surface area contributed by atoms with Crippen LogP contribution in [-0.4, -0.2) is 44.1 Å². The Morgan fingerprint density at radius 2 is 1.92 bits per heavy atom. The van der Waals surface area contributed by atoms with E-state index in [1.165, 1.54) is 5.56 Å². The van der Waals surface area contributed by atoms with Gasteiger partial charge in [-0.05, 0) is 61.8 Å². The van der Waals surface area contributed by atoms with Crippen LogP contribution in [0.5, 0.6) is 5.75 Å². The molecule has 0 amide bonds. The van der Waals surface area contributed by atoms with Gasteiger partial charge in [-0.2, -0.15) is 0 Å². The number of benzene rings is 2. The van der Waals surface area contributed by atoms with Crippen molar-refractivity contribution < 1.29 is 13.5 Å². The third-order valence-corrected chi connectivity index (χ3v) is 7.55. The average Bonchev–Trinajstić information content (AvgIpc) is 2.62. The number of likely N-dealkylation sites (N-methyl/N-ethyl adjacent to an activating group) is 1. The molecule has 2 aromatic carbocycles. The maximum absolute atomic E-state index is 13.0. The first kappa shape index (κ1) is 17.5. The van der Waals surface area contributed by atoms with Crippen LogP contribution in [0.4, 0.5) is 0 Å². The quantitative estimate of drug-likeness (QED) is 0.867. The van der Waals surface area contributed by atoms with Gasteiger partial charge in [0.1, 0.15) is 5.75 Å². The summed E-state index contributed by atoms with van der Waals surface area (Å²) < 4.78 is 29.0. The summed E-state index contributed by atoms with van der Waals surface area (Å²) >= 11 is 0. The molecule has 2 bridgehead atoms. The Hall–Kier alpha value is -1.89. The van der Waals surface area contributed by atoms with E-state index >= 15 is 0 Å². The minimum atomic E-state index is -3.62. The summed E-state index contributed by atoms with van der Waals surface area (Å²) in [5, 5.41) is 10.00. The second kappa shape index (κ2) is 6.08. The second-order valence-electron chi connectivity index (χ2n) is 7.67. The zero-order valence-electron chi connectivity index (χ0n) is 15.0. The highest BCUT2D eigenvalue weighted by molar-refractivity contribution is 7.89. The number of phenols is 1. The van der Waals surface area contributed by atoms with E-state index in [2.05, 4.69) is 23.6 Å². The number of aromatic hydroxyl groups is 1. The number of fused-ring (bicyclic) bond motifs is 4. The molecule has 0 spiro atoms. The SMILES string of the molecule is CN1CCC2(C)c3cc(O)ccc3C[C@@H]1[C@@H]2NS(=O)(=O)c1ccccc1. The third-order valence-electron chi connectivity index (χ3n) is 6.09. The first-order chi connectivity index (χ1) is 12.3. The fourth-order valence-electron chi connectivity index (χ4n) is 4.53. The van der Waals surface area contributed by atoms with Gasteiger partial charge in [-0.3, -0.25) is 0 Å². The van der Waals surface area contributed by atoms with E-state index in [1.54, 1.807) is 36.4 Å². The van der Waals surface area contributed by atoms with Gasteiger partial charge in [0.25, 0.3) is 0 Å². The minimum absolute atomic E-state index is 0.0873. The van der Waals surface area contributed by atoms with Crippen molar-refractivity contribution in [3.05, 3.63) is 59.7 Å². The van der Waals surface area contributed by atoms with E-state index in [9.17, 15) is 13.5 Å². The van der Waals surface area contributed by atoms with Gasteiger partial charge in [0.2, 0.25) is 10.0 Å². The Morgan fingerprint density at radius 3 is 2.65 bits per heavy atom. The molecule has 0 radical (unpaired) electrons. The van der Waals surface area contributed by atoms with Crippen molar-refractivity contribution in [3.63, 3.8) is 0 Å². The Bertz CT molecular complexity index is 929. The van der Waals surface area contributed by atoms with Crippen LogP contribution in [0.1, 0.15) is 24.5 Å². The minimum Gasteiger partial charge on any atom is -0.508 e. The standard InChI is InChI=1S/C20H24N2O3S/c1-20-10-11-22(2)18(12-14-8-9-15(23)13-17(14)20)19(20)21-26(24,25)16-6-4-3-5-7-16/h3-9,13,18-19,21,23H,10-12H2,1-2H3/t18-,19+,20?/m1/s1. The predicted molar refractivity (Wildman–Crippen MR) is 101 cm³/mol. The van der Waals surface area contributed by atoms with Crippen molar-refractivity contribution in [2.75, 3.05) is 13.6 Å². The lowest BCUT2D eigenvalue weighted by molar-refractivity contribution is 0.0777. The number of hydrogen-bond donors (Lipinski definition) is 2. The lowest BCUT2D eigenvalue weighted by Crippen LogP contribution is -2.66. The highest BCUT2D eigenvalue weighted by atomic mass is 32.2. The summed E-state index contributed by atoms with van der Waals surface area (Å²) in [6, 6.07) is 13.8. The molecule has 1 saturated heterocycles. The van der Waals surface area contributed by atoms with E-state index in [0.29, 0.717) is 0 Å². The van der Waals surface area contributed by atoms with Crippen molar-refractivity contribution in [1.29, 1.82) is 0 Å². The van der Waals surface area contributed by atoms with Gasteiger partial charge in [0.15, 0.2) is 0 Å². The molecule has 26 heavy (non-hydrogen) atoms. The number of phenolic OH excluding ortho intramolecular Hbond substituents is 1. The molecule has 0 aromatic heterocycles. The van der Waals surface area contributed by atoms with Crippen molar-refractivity contribution in [1.82, 2.24) is 9.62 Å². The predicted octanol–water partition coefficient (Wildman–Crippen LogP) is 2.26. The molecule has 6 heteroatoms. The number of hydrogen-bond acceptors (Lipinski definition) is 4. The van der Waals surface area contributed by atoms with E-state index in [1.807, 2.05) is 12.1 Å². The Morgan fingerprint density at radius 1 is 1.19 bits per heavy atom. The van der Waals surface area contributed by atoms with Crippen molar-refractivity contribution in [2.24, 2.45) is 0 Å². The van der Waals surface area contributed by atoms with E-state index in [-0.39, 0.29) is 28.1 Å². The summed E-state index contributed by atoms with van der Waals surface area (Å²) in [4.78, 5) is 2.53. The van der Waals surface area contributed by atoms with Crippen LogP contribution in [0, 0.1) is 0 Å². The molecule has 3 atom stereocenters. The number of rotatable bonds is 3. The highest BCUT2D eigenvalue weighted by Crippen LogP contribution is 2.45. The van der Waals surface area contributed by atoms with Crippen LogP contribution in [-0.2, 0) is 21.9 Å². The Kier molecular flexibility index (Phi) is 4.10. The molecule has 1 unspecified atom stereocenters. The lowest BCUT2D eigenvalue weighted by atomic mass is 9.62. The number of likely N-dealkylation sites (tertiary alicyclic amines) is 1. The van der Waals surface area contributed by atoms with Gasteiger partial charge >= 0.3 is 0 Å². The highest BCUT2D eigenvalue weighted by Gasteiger charge is 2.51. The van der Waals surface area contributed by atoms with Crippen LogP contribution in [0.2, 0.25) is 0 Å². The smallest absolute Gasteiger partial charge is 0.240 e. The van der Waals surface area contributed by atoms with Crippen molar-refractivity contribution in [3.8, 4) is 5.75 Å². The maximum atomic E-state index is 13.0. The second-order valence-corrected chi connectivity index (χ2v) is 9.39. The molecule has 5 nitrogen and oxygen atoms in total. The van der Waals surface area contributed by atoms with Gasteiger partial charge < -0.3 is 10.0 Å². The molecule has 2 N–H and O–H groups in total. The van der Waals surface area contributed by atoms with E-state index in [0.717, 1.165) is 24.9 Å². The van der Waals surface area contributed by atoms with Crippen molar-refractivity contribution >= 4 is 10.0 Å². The number of sulfonamides is 1. The molecule has 138 valence electrons. The summed E-state index contributed by atoms with van der Waals surface area (Å²) in [6.45, 7) is 3.02. The third kappa shape index (κ3) is 2.73.